The SMILES string of the molecule is CCCCCCCCCCCC(=O)NCCCCN(CC(=O)NCCCN)C(=O)O[C@H]1CC[C@@]2(C)C(=CC[C@H]3[C@@H]4CC[C@H]([C@H](C)CCCC(C)C)[C@@]4(C)CC[C@@H]32)C1. The van der Waals surface area contributed by atoms with Crippen molar-refractivity contribution in [1.29, 1.82) is 0 Å². The number of hydrogen-bond donors (Lipinski definition) is 3. The minimum atomic E-state index is -0.394. The van der Waals surface area contributed by atoms with Crippen molar-refractivity contribution in [3.05, 3.63) is 11.6 Å². The number of rotatable bonds is 26. The molecule has 0 heterocycles. The lowest BCUT2D eigenvalue weighted by Crippen LogP contribution is -2.51. The number of nitrogens with two attached hydrogens (primary N) is 1. The van der Waals surface area contributed by atoms with E-state index in [1.54, 1.807) is 4.90 Å². The molecule has 0 bridgehead atoms. The van der Waals surface area contributed by atoms with Crippen LogP contribution in [0, 0.1) is 46.3 Å². The number of ether oxygens (including phenoxy) is 1. The number of nitrogens with zero attached hydrogens (tertiary/aromatic N) is 1. The summed E-state index contributed by atoms with van der Waals surface area (Å²) < 4.78 is 6.25. The van der Waals surface area contributed by atoms with Crippen LogP contribution in [0.4, 0.5) is 4.79 Å². The smallest absolute Gasteiger partial charge is 0.410 e. The Bertz CT molecular complexity index is 1250. The molecule has 4 aliphatic carbocycles. The molecule has 3 fully saturated rings. The van der Waals surface area contributed by atoms with Gasteiger partial charge in [-0.25, -0.2) is 4.79 Å². The molecule has 3 amide bonds. The summed E-state index contributed by atoms with van der Waals surface area (Å²) in [6.45, 7) is 16.7. The van der Waals surface area contributed by atoms with Crippen molar-refractivity contribution in [2.24, 2.45) is 52.1 Å². The number of hydrogen-bond acceptors (Lipinski definition) is 5. The van der Waals surface area contributed by atoms with Gasteiger partial charge in [-0.1, -0.05) is 124 Å². The van der Waals surface area contributed by atoms with Crippen LogP contribution >= 0.6 is 0 Å². The first-order chi connectivity index (χ1) is 27.4. The molecule has 0 unspecified atom stereocenters. The monoisotopic (exact) mass is 797 g/mol. The van der Waals surface area contributed by atoms with Crippen molar-refractivity contribution in [3.8, 4) is 0 Å². The summed E-state index contributed by atoms with van der Waals surface area (Å²) in [5.41, 5.74) is 7.82. The van der Waals surface area contributed by atoms with E-state index in [9.17, 15) is 14.4 Å². The Morgan fingerprint density at radius 1 is 0.807 bits per heavy atom. The van der Waals surface area contributed by atoms with Crippen LogP contribution in [0.5, 0.6) is 0 Å². The second-order valence-corrected chi connectivity index (χ2v) is 20.1. The van der Waals surface area contributed by atoms with Gasteiger partial charge < -0.3 is 21.1 Å². The molecule has 0 radical (unpaired) electrons. The number of unbranched alkanes of at least 4 members (excludes halogenated alkanes) is 9. The van der Waals surface area contributed by atoms with Gasteiger partial charge >= 0.3 is 6.09 Å². The molecule has 4 N–H and O–H groups in total. The first-order valence-electron chi connectivity index (χ1n) is 24.3. The van der Waals surface area contributed by atoms with Gasteiger partial charge in [-0.15, -0.1) is 0 Å². The number of fused-ring (bicyclic) bond motifs is 5. The number of nitrogens with one attached hydrogen (secondary N) is 2. The maximum Gasteiger partial charge on any atom is 0.410 e. The van der Waals surface area contributed by atoms with Crippen LogP contribution in [0.25, 0.3) is 0 Å². The van der Waals surface area contributed by atoms with Gasteiger partial charge in [-0.2, -0.15) is 0 Å². The molecular formula is C49H88N4O4. The fraction of sp³-hybridized carbons (Fsp3) is 0.898. The number of carbonyl (C=O) groups is 3. The lowest BCUT2D eigenvalue weighted by atomic mass is 9.47. The maximum absolute atomic E-state index is 13.7. The summed E-state index contributed by atoms with van der Waals surface area (Å²) in [5, 5.41) is 5.97. The first-order valence-corrected chi connectivity index (χ1v) is 24.3. The molecule has 0 saturated heterocycles. The molecule has 8 heteroatoms. The van der Waals surface area contributed by atoms with Crippen LogP contribution in [0.3, 0.4) is 0 Å². The maximum atomic E-state index is 13.7. The Balaban J connectivity index is 1.24. The third-order valence-electron chi connectivity index (χ3n) is 15.5. The Morgan fingerprint density at radius 3 is 2.23 bits per heavy atom. The molecule has 0 aromatic carbocycles. The Morgan fingerprint density at radius 2 is 1.51 bits per heavy atom. The van der Waals surface area contributed by atoms with Gasteiger partial charge in [-0.05, 0) is 124 Å². The molecule has 0 aliphatic heterocycles. The second kappa shape index (κ2) is 24.2. The number of allylic oxidation sites excluding steroid dienone is 1. The van der Waals surface area contributed by atoms with E-state index in [1.165, 1.54) is 102 Å². The average Bonchev–Trinajstić information content (AvgIpc) is 3.54. The highest BCUT2D eigenvalue weighted by atomic mass is 16.6. The van der Waals surface area contributed by atoms with Crippen molar-refractivity contribution in [2.45, 2.75) is 202 Å². The zero-order valence-electron chi connectivity index (χ0n) is 37.8. The predicted molar refractivity (Wildman–Crippen MR) is 236 cm³/mol. The molecule has 0 aromatic rings. The minimum Gasteiger partial charge on any atom is -0.446 e. The molecule has 328 valence electrons. The molecule has 57 heavy (non-hydrogen) atoms. The van der Waals surface area contributed by atoms with Crippen molar-refractivity contribution in [3.63, 3.8) is 0 Å². The highest BCUT2D eigenvalue weighted by Crippen LogP contribution is 2.67. The average molecular weight is 797 g/mol. The van der Waals surface area contributed by atoms with Gasteiger partial charge in [0.05, 0.1) is 0 Å². The van der Waals surface area contributed by atoms with Gasteiger partial charge in [-0.3, -0.25) is 14.5 Å². The van der Waals surface area contributed by atoms with Gasteiger partial charge in [0.2, 0.25) is 11.8 Å². The molecule has 0 spiro atoms. The minimum absolute atomic E-state index is 0.0251. The van der Waals surface area contributed by atoms with Crippen LogP contribution in [0.1, 0.15) is 196 Å². The van der Waals surface area contributed by atoms with E-state index in [0.29, 0.717) is 50.9 Å². The predicted octanol–water partition coefficient (Wildman–Crippen LogP) is 11.1. The summed E-state index contributed by atoms with van der Waals surface area (Å²) in [4.78, 5) is 40.6. The standard InChI is InChI=1S/C49H88N4O4/c1-7-8-9-10-11-12-13-14-15-22-45(54)51-32-16-17-34-53(36-46(55)52-33-19-31-50)47(56)57-40-27-29-48(5)39(35-40)23-24-41-43-26-25-42(38(4)21-18-20-37(2)3)49(43,6)30-28-44(41)48/h23,37-38,40-44H,7-22,24-36,50H2,1-6H3,(H,51,54)(H,52,55)/t38-,40+,41+,42-,43+,44+,48+,49-/m1/s1. The Hall–Kier alpha value is -2.09. The lowest BCUT2D eigenvalue weighted by Gasteiger charge is -2.58. The van der Waals surface area contributed by atoms with Crippen LogP contribution in [0.15, 0.2) is 11.6 Å². The van der Waals surface area contributed by atoms with Crippen LogP contribution in [-0.2, 0) is 14.3 Å². The molecule has 8 atom stereocenters. The normalized spacial score (nSPS) is 28.5. The molecule has 8 nitrogen and oxygen atoms in total. The largest absolute Gasteiger partial charge is 0.446 e. The highest BCUT2D eigenvalue weighted by Gasteiger charge is 2.59. The van der Waals surface area contributed by atoms with Crippen molar-refractivity contribution in [2.75, 3.05) is 32.7 Å². The zero-order valence-corrected chi connectivity index (χ0v) is 37.8. The molecule has 3 saturated carbocycles. The lowest BCUT2D eigenvalue weighted by molar-refractivity contribution is -0.122. The first kappa shape index (κ1) is 47.6. The van der Waals surface area contributed by atoms with Crippen molar-refractivity contribution in [1.82, 2.24) is 15.5 Å². The summed E-state index contributed by atoms with van der Waals surface area (Å²) >= 11 is 0. The third kappa shape index (κ3) is 14.0. The van der Waals surface area contributed by atoms with Gasteiger partial charge in [0.1, 0.15) is 12.6 Å². The molecule has 4 rings (SSSR count). The second-order valence-electron chi connectivity index (χ2n) is 20.1. The van der Waals surface area contributed by atoms with Gasteiger partial charge in [0.15, 0.2) is 0 Å². The van der Waals surface area contributed by atoms with Crippen LogP contribution in [-0.4, -0.2) is 61.6 Å². The van der Waals surface area contributed by atoms with E-state index in [0.717, 1.165) is 74.0 Å². The quantitative estimate of drug-likeness (QED) is 0.0596. The van der Waals surface area contributed by atoms with E-state index in [4.69, 9.17) is 10.5 Å². The Kier molecular flexibility index (Phi) is 20.2. The van der Waals surface area contributed by atoms with Gasteiger partial charge in [0.25, 0.3) is 0 Å². The topological polar surface area (TPSA) is 114 Å². The van der Waals surface area contributed by atoms with E-state index in [2.05, 4.69) is 58.3 Å². The molecule has 4 aliphatic rings. The zero-order chi connectivity index (χ0) is 41.3. The number of amides is 3. The van der Waals surface area contributed by atoms with Crippen LogP contribution < -0.4 is 16.4 Å². The van der Waals surface area contributed by atoms with Crippen molar-refractivity contribution >= 4 is 17.9 Å². The van der Waals surface area contributed by atoms with Crippen LogP contribution in [0.2, 0.25) is 0 Å². The molecular weight excluding hydrogens is 709 g/mol. The van der Waals surface area contributed by atoms with E-state index < -0.39 is 6.09 Å². The fourth-order valence-corrected chi connectivity index (χ4v) is 12.1. The van der Waals surface area contributed by atoms with Crippen molar-refractivity contribution < 1.29 is 19.1 Å². The number of carbonyl (C=O) groups excluding carboxylic acids is 3. The van der Waals surface area contributed by atoms with E-state index >= 15 is 0 Å². The summed E-state index contributed by atoms with van der Waals surface area (Å²) in [6, 6.07) is 0. The third-order valence-corrected chi connectivity index (χ3v) is 15.5. The summed E-state index contributed by atoms with van der Waals surface area (Å²) in [6.07, 6.45) is 29.4. The van der Waals surface area contributed by atoms with Gasteiger partial charge in [0, 0.05) is 32.5 Å². The van der Waals surface area contributed by atoms with E-state index in [-0.39, 0.29) is 29.9 Å². The highest BCUT2D eigenvalue weighted by molar-refractivity contribution is 5.82. The Labute approximate surface area is 349 Å². The fourth-order valence-electron chi connectivity index (χ4n) is 12.1. The summed E-state index contributed by atoms with van der Waals surface area (Å²) in [5.74, 6) is 4.74. The van der Waals surface area contributed by atoms with E-state index in [1.807, 2.05) is 0 Å². The summed E-state index contributed by atoms with van der Waals surface area (Å²) in [7, 11) is 0. The molecule has 0 aromatic heterocycles.